The van der Waals surface area contributed by atoms with Gasteiger partial charge in [0.1, 0.15) is 0 Å². The normalized spacial score (nSPS) is 11.3. The summed E-state index contributed by atoms with van der Waals surface area (Å²) in [7, 11) is 0. The van der Waals surface area contributed by atoms with Gasteiger partial charge in [-0.25, -0.2) is 0 Å². The van der Waals surface area contributed by atoms with Crippen molar-refractivity contribution in [3.63, 3.8) is 0 Å². The van der Waals surface area contributed by atoms with Gasteiger partial charge in [-0.2, -0.15) is 0 Å². The Labute approximate surface area is 106 Å². The monoisotopic (exact) mass is 250 g/mol. The van der Waals surface area contributed by atoms with Gasteiger partial charge < -0.3 is 14.0 Å². The van der Waals surface area contributed by atoms with Gasteiger partial charge in [-0.05, 0) is 25.1 Å². The smallest absolute Gasteiger partial charge is 0.202 e. The highest BCUT2D eigenvalue weighted by Crippen LogP contribution is 2.21. The van der Waals surface area contributed by atoms with Gasteiger partial charge in [0, 0.05) is 25.8 Å². The lowest BCUT2D eigenvalue weighted by molar-refractivity contribution is 0.221. The lowest BCUT2D eigenvalue weighted by Crippen LogP contribution is -2.24. The molecule has 2 aromatic rings. The predicted octanol–water partition coefficient (Wildman–Crippen LogP) is 2.14. The van der Waals surface area contributed by atoms with Crippen LogP contribution in [0.1, 0.15) is 19.0 Å². The summed E-state index contributed by atoms with van der Waals surface area (Å²) in [5.74, 6) is 1.33. The number of aromatic nitrogens is 1. The molecule has 0 bridgehead atoms. The lowest BCUT2D eigenvalue weighted by Gasteiger charge is -2.17. The lowest BCUT2D eigenvalue weighted by atomic mass is 10.3. The number of rotatable bonds is 7. The summed E-state index contributed by atoms with van der Waals surface area (Å²) < 4.78 is 10.5. The Morgan fingerprint density at radius 1 is 1.39 bits per heavy atom. The van der Waals surface area contributed by atoms with Gasteiger partial charge >= 0.3 is 0 Å². The molecular weight excluding hydrogens is 232 g/mol. The number of nitrogens with zero attached hydrogens (tertiary/aromatic N) is 2. The molecule has 0 atom stereocenters. The fraction of sp³-hybridized carbons (Fsp3) is 0.462. The van der Waals surface area contributed by atoms with Crippen molar-refractivity contribution in [1.29, 1.82) is 0 Å². The third kappa shape index (κ3) is 3.21. The van der Waals surface area contributed by atoms with Crippen molar-refractivity contribution in [1.82, 2.24) is 10.1 Å². The Kier molecular flexibility index (Phi) is 4.55. The van der Waals surface area contributed by atoms with Gasteiger partial charge in [0.15, 0.2) is 5.76 Å². The molecule has 2 aromatic heterocycles. The average Bonchev–Trinajstić information content (AvgIpc) is 3.04. The van der Waals surface area contributed by atoms with Gasteiger partial charge in [0.05, 0.1) is 12.0 Å². The van der Waals surface area contributed by atoms with Crippen molar-refractivity contribution in [2.75, 3.05) is 19.7 Å². The van der Waals surface area contributed by atoms with Gasteiger partial charge in [-0.15, -0.1) is 0 Å². The predicted molar refractivity (Wildman–Crippen MR) is 66.9 cm³/mol. The molecule has 5 heteroatoms. The highest BCUT2D eigenvalue weighted by Gasteiger charge is 2.11. The molecule has 0 aliphatic carbocycles. The van der Waals surface area contributed by atoms with Gasteiger partial charge in [-0.3, -0.25) is 4.90 Å². The minimum atomic E-state index is 0.215. The maximum absolute atomic E-state index is 8.83. The van der Waals surface area contributed by atoms with E-state index < -0.39 is 0 Å². The van der Waals surface area contributed by atoms with E-state index in [1.165, 1.54) is 0 Å². The minimum absolute atomic E-state index is 0.215. The quantitative estimate of drug-likeness (QED) is 0.815. The third-order valence-corrected chi connectivity index (χ3v) is 2.79. The van der Waals surface area contributed by atoms with E-state index in [1.54, 1.807) is 6.26 Å². The molecule has 2 heterocycles. The van der Waals surface area contributed by atoms with Crippen LogP contribution >= 0.6 is 0 Å². The van der Waals surface area contributed by atoms with E-state index in [1.807, 2.05) is 18.2 Å². The fourth-order valence-electron chi connectivity index (χ4n) is 1.79. The zero-order chi connectivity index (χ0) is 12.8. The highest BCUT2D eigenvalue weighted by molar-refractivity contribution is 5.49. The molecule has 5 nitrogen and oxygen atoms in total. The summed E-state index contributed by atoms with van der Waals surface area (Å²) in [5.41, 5.74) is 0.876. The number of aliphatic hydroxyl groups is 1. The molecule has 0 fully saturated rings. The molecule has 0 aliphatic heterocycles. The van der Waals surface area contributed by atoms with Gasteiger partial charge in [-0.1, -0.05) is 12.1 Å². The largest absolute Gasteiger partial charge is 0.461 e. The molecule has 1 N–H and O–H groups in total. The minimum Gasteiger partial charge on any atom is -0.461 e. The molecule has 0 unspecified atom stereocenters. The maximum Gasteiger partial charge on any atom is 0.202 e. The van der Waals surface area contributed by atoms with Crippen LogP contribution in [-0.2, 0) is 6.54 Å². The second-order valence-corrected chi connectivity index (χ2v) is 4.11. The zero-order valence-electron chi connectivity index (χ0n) is 10.5. The molecule has 0 aromatic carbocycles. The molecule has 0 radical (unpaired) electrons. The van der Waals surface area contributed by atoms with E-state index in [0.29, 0.717) is 11.5 Å². The first-order valence-electron chi connectivity index (χ1n) is 6.16. The van der Waals surface area contributed by atoms with E-state index in [4.69, 9.17) is 14.0 Å². The third-order valence-electron chi connectivity index (χ3n) is 2.79. The molecule has 2 rings (SSSR count). The van der Waals surface area contributed by atoms with Crippen LogP contribution in [0.3, 0.4) is 0 Å². The number of aliphatic hydroxyl groups excluding tert-OH is 1. The summed E-state index contributed by atoms with van der Waals surface area (Å²) in [6.07, 6.45) is 2.38. The van der Waals surface area contributed by atoms with Crippen LogP contribution in [0.5, 0.6) is 0 Å². The second kappa shape index (κ2) is 6.37. The van der Waals surface area contributed by atoms with Crippen molar-refractivity contribution in [3.8, 4) is 11.5 Å². The van der Waals surface area contributed by atoms with Crippen molar-refractivity contribution >= 4 is 0 Å². The first-order chi connectivity index (χ1) is 8.83. The Balaban J connectivity index is 1.97. The topological polar surface area (TPSA) is 62.6 Å². The maximum atomic E-state index is 8.83. The summed E-state index contributed by atoms with van der Waals surface area (Å²) >= 11 is 0. The van der Waals surface area contributed by atoms with Crippen LogP contribution in [0.4, 0.5) is 0 Å². The second-order valence-electron chi connectivity index (χ2n) is 4.11. The van der Waals surface area contributed by atoms with Crippen LogP contribution in [0.15, 0.2) is 33.4 Å². The van der Waals surface area contributed by atoms with E-state index in [-0.39, 0.29) is 6.61 Å². The van der Waals surface area contributed by atoms with Gasteiger partial charge in [0.2, 0.25) is 5.76 Å². The molecule has 0 saturated heterocycles. The summed E-state index contributed by atoms with van der Waals surface area (Å²) in [6.45, 7) is 4.80. The van der Waals surface area contributed by atoms with Crippen LogP contribution in [-0.4, -0.2) is 34.9 Å². The van der Waals surface area contributed by atoms with Crippen molar-refractivity contribution in [2.45, 2.75) is 19.9 Å². The molecule has 18 heavy (non-hydrogen) atoms. The molecule has 98 valence electrons. The Morgan fingerprint density at radius 3 is 2.94 bits per heavy atom. The zero-order valence-corrected chi connectivity index (χ0v) is 10.5. The van der Waals surface area contributed by atoms with E-state index in [9.17, 15) is 0 Å². The van der Waals surface area contributed by atoms with Crippen molar-refractivity contribution < 1.29 is 14.0 Å². The fourth-order valence-corrected chi connectivity index (χ4v) is 1.79. The van der Waals surface area contributed by atoms with E-state index in [0.717, 1.165) is 31.7 Å². The van der Waals surface area contributed by atoms with Crippen LogP contribution in [0.25, 0.3) is 11.5 Å². The van der Waals surface area contributed by atoms with Crippen LogP contribution in [0, 0.1) is 0 Å². The molecular formula is C13H18N2O3. The Morgan fingerprint density at radius 2 is 2.28 bits per heavy atom. The van der Waals surface area contributed by atoms with Crippen molar-refractivity contribution in [3.05, 3.63) is 30.2 Å². The van der Waals surface area contributed by atoms with E-state index >= 15 is 0 Å². The summed E-state index contributed by atoms with van der Waals surface area (Å²) in [6, 6.07) is 5.55. The summed E-state index contributed by atoms with van der Waals surface area (Å²) in [4.78, 5) is 2.21. The van der Waals surface area contributed by atoms with Crippen molar-refractivity contribution in [2.24, 2.45) is 0 Å². The van der Waals surface area contributed by atoms with E-state index in [2.05, 4.69) is 17.0 Å². The number of hydrogen-bond donors (Lipinski definition) is 1. The Bertz CT molecular complexity index is 451. The molecule has 0 spiro atoms. The van der Waals surface area contributed by atoms with Crippen LogP contribution in [0.2, 0.25) is 0 Å². The number of furan rings is 1. The SMILES string of the molecule is CCN(CCCO)Cc1cc(-c2ccco2)on1. The average molecular weight is 250 g/mol. The molecule has 0 aliphatic rings. The standard InChI is InChI=1S/C13H18N2O3/c1-2-15(6-4-7-16)10-11-9-13(18-14-11)12-5-3-8-17-12/h3,5,8-9,16H,2,4,6-7,10H2,1H3. The van der Waals surface area contributed by atoms with Gasteiger partial charge in [0.25, 0.3) is 0 Å². The molecule has 0 saturated carbocycles. The summed E-state index contributed by atoms with van der Waals surface area (Å²) in [5, 5.41) is 12.9. The Hall–Kier alpha value is -1.59. The first kappa shape index (κ1) is 12.9. The number of hydrogen-bond acceptors (Lipinski definition) is 5. The highest BCUT2D eigenvalue weighted by atomic mass is 16.5. The molecule has 0 amide bonds. The van der Waals surface area contributed by atoms with Crippen LogP contribution < -0.4 is 0 Å². The first-order valence-corrected chi connectivity index (χ1v) is 6.16.